The second-order valence-electron chi connectivity index (χ2n) is 4.93. The summed E-state index contributed by atoms with van der Waals surface area (Å²) in [5, 5.41) is 10.5. The molecule has 0 aromatic carbocycles. The third kappa shape index (κ3) is 8.55. The first-order valence-corrected chi connectivity index (χ1v) is 7.28. The lowest BCUT2D eigenvalue weighted by Gasteiger charge is -2.23. The van der Waals surface area contributed by atoms with Gasteiger partial charge in [-0.3, -0.25) is 0 Å². The van der Waals surface area contributed by atoms with Gasteiger partial charge in [0, 0.05) is 6.04 Å². The van der Waals surface area contributed by atoms with E-state index in [9.17, 15) is 0 Å². The largest absolute Gasteiger partial charge is 0.330 e. The van der Waals surface area contributed by atoms with Crippen LogP contribution in [0.15, 0.2) is 0 Å². The van der Waals surface area contributed by atoms with Crippen LogP contribution in [-0.4, -0.2) is 45.3 Å². The molecule has 0 spiro atoms. The molecule has 102 valence electrons. The maximum atomic E-state index is 5.42. The molecule has 1 aliphatic heterocycles. The van der Waals surface area contributed by atoms with Gasteiger partial charge in [-0.25, -0.2) is 0 Å². The van der Waals surface area contributed by atoms with Crippen LogP contribution >= 0.6 is 0 Å². The van der Waals surface area contributed by atoms with E-state index in [0.29, 0.717) is 0 Å². The third-order valence-corrected chi connectivity index (χ3v) is 3.35. The first-order valence-electron chi connectivity index (χ1n) is 7.28. The van der Waals surface area contributed by atoms with Gasteiger partial charge in [0.2, 0.25) is 0 Å². The Hall–Kier alpha value is -0.160. The summed E-state index contributed by atoms with van der Waals surface area (Å²) in [6.45, 7) is 6.45. The highest BCUT2D eigenvalue weighted by atomic mass is 14.9. The van der Waals surface area contributed by atoms with Gasteiger partial charge in [0.15, 0.2) is 0 Å². The number of piperidine rings is 1. The van der Waals surface area contributed by atoms with Crippen LogP contribution < -0.4 is 21.7 Å². The summed E-state index contributed by atoms with van der Waals surface area (Å²) in [4.78, 5) is 0. The van der Waals surface area contributed by atoms with E-state index in [-0.39, 0.29) is 0 Å². The van der Waals surface area contributed by atoms with Crippen LogP contribution in [0, 0.1) is 0 Å². The standard InChI is InChI=1S/C13H30N4/c14-7-3-8-15-9-4-10-16-12-6-13-5-1-2-11-17-13/h13,15-17H,1-12,14H2. The molecule has 5 N–H and O–H groups in total. The fourth-order valence-electron chi connectivity index (χ4n) is 2.26. The number of hydrogen-bond donors (Lipinski definition) is 4. The third-order valence-electron chi connectivity index (χ3n) is 3.35. The van der Waals surface area contributed by atoms with Crippen molar-refractivity contribution in [3.8, 4) is 0 Å². The predicted octanol–water partition coefficient (Wildman–Crippen LogP) is 0.437. The van der Waals surface area contributed by atoms with E-state index < -0.39 is 0 Å². The molecule has 17 heavy (non-hydrogen) atoms. The zero-order valence-electron chi connectivity index (χ0n) is 11.1. The van der Waals surface area contributed by atoms with Crippen molar-refractivity contribution >= 4 is 0 Å². The van der Waals surface area contributed by atoms with Crippen molar-refractivity contribution in [2.75, 3.05) is 39.3 Å². The van der Waals surface area contributed by atoms with Crippen molar-refractivity contribution in [3.63, 3.8) is 0 Å². The lowest BCUT2D eigenvalue weighted by Crippen LogP contribution is -2.36. The minimum atomic E-state index is 0.763. The summed E-state index contributed by atoms with van der Waals surface area (Å²) in [7, 11) is 0. The van der Waals surface area contributed by atoms with Gasteiger partial charge in [0.25, 0.3) is 0 Å². The number of hydrogen-bond acceptors (Lipinski definition) is 4. The van der Waals surface area contributed by atoms with Crippen molar-refractivity contribution in [3.05, 3.63) is 0 Å². The van der Waals surface area contributed by atoms with E-state index in [1.165, 1.54) is 38.6 Å². The van der Waals surface area contributed by atoms with Gasteiger partial charge in [0.1, 0.15) is 0 Å². The molecule has 4 heteroatoms. The Balaban J connectivity index is 1.75. The van der Waals surface area contributed by atoms with E-state index in [2.05, 4.69) is 16.0 Å². The molecule has 0 aromatic heterocycles. The molecule has 1 fully saturated rings. The highest BCUT2D eigenvalue weighted by Gasteiger charge is 2.10. The average Bonchev–Trinajstić information content (AvgIpc) is 2.38. The molecule has 1 atom stereocenters. The first kappa shape index (κ1) is 14.9. The summed E-state index contributed by atoms with van der Waals surface area (Å²) >= 11 is 0. The van der Waals surface area contributed by atoms with Crippen molar-refractivity contribution in [1.29, 1.82) is 0 Å². The van der Waals surface area contributed by atoms with Gasteiger partial charge in [0.05, 0.1) is 0 Å². The Morgan fingerprint density at radius 1 is 1.00 bits per heavy atom. The molecule has 0 saturated carbocycles. The molecular formula is C13H30N4. The lowest BCUT2D eigenvalue weighted by atomic mass is 10.0. The van der Waals surface area contributed by atoms with Gasteiger partial charge in [-0.2, -0.15) is 0 Å². The van der Waals surface area contributed by atoms with Crippen molar-refractivity contribution in [2.24, 2.45) is 5.73 Å². The molecule has 1 saturated heterocycles. The van der Waals surface area contributed by atoms with Crippen molar-refractivity contribution in [2.45, 2.75) is 44.6 Å². The second kappa shape index (κ2) is 11.0. The topological polar surface area (TPSA) is 62.1 Å². The number of rotatable bonds is 10. The van der Waals surface area contributed by atoms with Crippen molar-refractivity contribution in [1.82, 2.24) is 16.0 Å². The highest BCUT2D eigenvalue weighted by Crippen LogP contribution is 2.08. The predicted molar refractivity (Wildman–Crippen MR) is 74.3 cm³/mol. The first-order chi connectivity index (χ1) is 8.43. The summed E-state index contributed by atoms with van der Waals surface area (Å²) in [5.41, 5.74) is 5.42. The van der Waals surface area contributed by atoms with E-state index in [1.54, 1.807) is 0 Å². The van der Waals surface area contributed by atoms with Crippen LogP contribution in [0.4, 0.5) is 0 Å². The molecule has 0 amide bonds. The Bertz CT molecular complexity index is 157. The molecule has 1 aliphatic rings. The number of nitrogens with two attached hydrogens (primary N) is 1. The molecule has 1 rings (SSSR count). The van der Waals surface area contributed by atoms with Crippen LogP contribution in [-0.2, 0) is 0 Å². The Morgan fingerprint density at radius 3 is 2.47 bits per heavy atom. The van der Waals surface area contributed by atoms with Crippen molar-refractivity contribution < 1.29 is 0 Å². The zero-order chi connectivity index (χ0) is 12.2. The Morgan fingerprint density at radius 2 is 1.76 bits per heavy atom. The number of nitrogens with one attached hydrogen (secondary N) is 3. The SMILES string of the molecule is NCCCNCCCNCCC1CCCCN1. The maximum absolute atomic E-state index is 5.42. The van der Waals surface area contributed by atoms with Crippen LogP contribution in [0.3, 0.4) is 0 Å². The van der Waals surface area contributed by atoms with Gasteiger partial charge in [-0.05, 0) is 71.4 Å². The maximum Gasteiger partial charge on any atom is 0.00791 e. The Labute approximate surface area is 106 Å². The molecule has 4 nitrogen and oxygen atoms in total. The fourth-order valence-corrected chi connectivity index (χ4v) is 2.26. The molecule has 0 bridgehead atoms. The lowest BCUT2D eigenvalue weighted by molar-refractivity contribution is 0.376. The minimum absolute atomic E-state index is 0.763. The summed E-state index contributed by atoms with van der Waals surface area (Å²) in [5.74, 6) is 0. The van der Waals surface area contributed by atoms with E-state index in [4.69, 9.17) is 5.73 Å². The molecule has 0 aliphatic carbocycles. The fraction of sp³-hybridized carbons (Fsp3) is 1.00. The Kier molecular flexibility index (Phi) is 9.61. The zero-order valence-corrected chi connectivity index (χ0v) is 11.1. The van der Waals surface area contributed by atoms with Crippen LogP contribution in [0.2, 0.25) is 0 Å². The van der Waals surface area contributed by atoms with Crippen LogP contribution in [0.25, 0.3) is 0 Å². The highest BCUT2D eigenvalue weighted by molar-refractivity contribution is 4.72. The van der Waals surface area contributed by atoms with E-state index in [0.717, 1.165) is 45.2 Å². The normalized spacial score (nSPS) is 20.6. The second-order valence-corrected chi connectivity index (χ2v) is 4.93. The summed E-state index contributed by atoms with van der Waals surface area (Å²) in [6.07, 6.45) is 7.70. The van der Waals surface area contributed by atoms with Gasteiger partial charge >= 0.3 is 0 Å². The van der Waals surface area contributed by atoms with E-state index >= 15 is 0 Å². The van der Waals surface area contributed by atoms with Gasteiger partial charge in [-0.1, -0.05) is 6.42 Å². The van der Waals surface area contributed by atoms with Gasteiger partial charge in [-0.15, -0.1) is 0 Å². The van der Waals surface area contributed by atoms with Crippen LogP contribution in [0.1, 0.15) is 38.5 Å². The molecular weight excluding hydrogens is 212 g/mol. The molecule has 0 aromatic rings. The van der Waals surface area contributed by atoms with E-state index in [1.807, 2.05) is 0 Å². The minimum Gasteiger partial charge on any atom is -0.330 e. The molecule has 0 radical (unpaired) electrons. The summed E-state index contributed by atoms with van der Waals surface area (Å²) < 4.78 is 0. The van der Waals surface area contributed by atoms with Crippen LogP contribution in [0.5, 0.6) is 0 Å². The average molecular weight is 242 g/mol. The molecule has 1 unspecified atom stereocenters. The smallest absolute Gasteiger partial charge is 0.00791 e. The van der Waals surface area contributed by atoms with Gasteiger partial charge < -0.3 is 21.7 Å². The molecule has 1 heterocycles. The monoisotopic (exact) mass is 242 g/mol. The summed E-state index contributed by atoms with van der Waals surface area (Å²) in [6, 6.07) is 0.763. The quantitative estimate of drug-likeness (QED) is 0.420.